The number of nitrogens with one attached hydrogen (secondary N) is 2. The minimum atomic E-state index is 0.355. The van der Waals surface area contributed by atoms with Gasteiger partial charge in [0.15, 0.2) is 0 Å². The zero-order chi connectivity index (χ0) is 18.5. The molecule has 0 spiro atoms. The van der Waals surface area contributed by atoms with Crippen molar-refractivity contribution in [1.29, 1.82) is 0 Å². The number of benzene rings is 2. The first-order chi connectivity index (χ1) is 12.5. The van der Waals surface area contributed by atoms with E-state index in [1.54, 1.807) is 12.1 Å². The molecule has 2 atom stereocenters. The fraction of sp³-hybridized carbons (Fsp3) is 0.455. The summed E-state index contributed by atoms with van der Waals surface area (Å²) in [5.74, 6) is 0.709. The number of rotatable bonds is 6. The summed E-state index contributed by atoms with van der Waals surface area (Å²) in [7, 11) is 0. The minimum absolute atomic E-state index is 0.355. The van der Waals surface area contributed by atoms with Gasteiger partial charge >= 0.3 is 0 Å². The van der Waals surface area contributed by atoms with Crippen LogP contribution in [0.1, 0.15) is 47.9 Å². The Morgan fingerprint density at radius 2 is 1.19 bits per heavy atom. The summed E-state index contributed by atoms with van der Waals surface area (Å²) < 4.78 is 0. The molecule has 3 rings (SSSR count). The molecular weight excluding hydrogens is 324 g/mol. The number of hydrogen-bond acceptors (Lipinski definition) is 4. The largest absolute Gasteiger partial charge is 0.508 e. The maximum absolute atomic E-state index is 10.1. The molecule has 2 aromatic rings. The summed E-state index contributed by atoms with van der Waals surface area (Å²) >= 11 is 0. The summed E-state index contributed by atoms with van der Waals surface area (Å²) in [6, 6.07) is 12.2. The first-order valence-electron chi connectivity index (χ1n) is 9.56. The Bertz CT molecular complexity index is 681. The number of phenols is 2. The van der Waals surface area contributed by atoms with Crippen molar-refractivity contribution < 1.29 is 10.2 Å². The molecule has 4 heteroatoms. The zero-order valence-corrected chi connectivity index (χ0v) is 15.8. The van der Waals surface area contributed by atoms with Crippen LogP contribution in [0.2, 0.25) is 0 Å². The van der Waals surface area contributed by atoms with Crippen LogP contribution in [0, 0.1) is 13.8 Å². The van der Waals surface area contributed by atoms with Crippen molar-refractivity contribution in [2.24, 2.45) is 0 Å². The second kappa shape index (κ2) is 8.56. The van der Waals surface area contributed by atoms with Gasteiger partial charge < -0.3 is 20.8 Å². The van der Waals surface area contributed by atoms with Gasteiger partial charge in [-0.15, -0.1) is 0 Å². The lowest BCUT2D eigenvalue weighted by Gasteiger charge is -2.33. The second-order valence-corrected chi connectivity index (χ2v) is 7.52. The van der Waals surface area contributed by atoms with Gasteiger partial charge in [0.1, 0.15) is 11.5 Å². The quantitative estimate of drug-likeness (QED) is 0.635. The van der Waals surface area contributed by atoms with Crippen LogP contribution in [0.4, 0.5) is 0 Å². The van der Waals surface area contributed by atoms with Gasteiger partial charge in [-0.25, -0.2) is 0 Å². The Kier molecular flexibility index (Phi) is 6.17. The number of aromatic hydroxyl groups is 2. The van der Waals surface area contributed by atoms with Gasteiger partial charge in [-0.05, 0) is 38.8 Å². The van der Waals surface area contributed by atoms with Gasteiger partial charge in [0, 0.05) is 36.3 Å². The molecule has 2 aromatic carbocycles. The monoisotopic (exact) mass is 354 g/mol. The fourth-order valence-corrected chi connectivity index (χ4v) is 3.81. The lowest BCUT2D eigenvalue weighted by Crippen LogP contribution is -2.49. The molecule has 0 radical (unpaired) electrons. The molecule has 1 aliphatic carbocycles. The molecule has 1 fully saturated rings. The van der Waals surface area contributed by atoms with E-state index in [-0.39, 0.29) is 0 Å². The van der Waals surface area contributed by atoms with Gasteiger partial charge in [-0.2, -0.15) is 0 Å². The minimum Gasteiger partial charge on any atom is -0.508 e. The van der Waals surface area contributed by atoms with Crippen LogP contribution in [0.15, 0.2) is 36.4 Å². The van der Waals surface area contributed by atoms with Crippen molar-refractivity contribution in [3.63, 3.8) is 0 Å². The predicted molar refractivity (Wildman–Crippen MR) is 105 cm³/mol. The van der Waals surface area contributed by atoms with Crippen molar-refractivity contribution in [2.75, 3.05) is 0 Å². The molecule has 1 saturated carbocycles. The SMILES string of the molecule is Cc1ccc(O)c(CN[C@@H]2CCCC[C@H]2NCc2cc(C)ccc2O)c1. The smallest absolute Gasteiger partial charge is 0.120 e. The Morgan fingerprint density at radius 1 is 0.769 bits per heavy atom. The van der Waals surface area contributed by atoms with Gasteiger partial charge in [0.25, 0.3) is 0 Å². The second-order valence-electron chi connectivity index (χ2n) is 7.52. The number of phenolic OH excluding ortho intramolecular Hbond substituents is 2. The van der Waals surface area contributed by atoms with E-state index in [0.717, 1.165) is 35.1 Å². The molecule has 0 saturated heterocycles. The van der Waals surface area contributed by atoms with Crippen LogP contribution >= 0.6 is 0 Å². The number of hydrogen-bond donors (Lipinski definition) is 4. The average molecular weight is 354 g/mol. The maximum Gasteiger partial charge on any atom is 0.120 e. The van der Waals surface area contributed by atoms with Crippen molar-refractivity contribution >= 4 is 0 Å². The molecule has 1 aliphatic rings. The third kappa shape index (κ3) is 4.77. The summed E-state index contributed by atoms with van der Waals surface area (Å²) in [5, 5.41) is 27.4. The van der Waals surface area contributed by atoms with E-state index in [9.17, 15) is 10.2 Å². The Labute approximate surface area is 156 Å². The molecule has 4 N–H and O–H groups in total. The summed E-state index contributed by atoms with van der Waals surface area (Å²) in [5.41, 5.74) is 4.22. The Hall–Kier alpha value is -2.04. The maximum atomic E-state index is 10.1. The van der Waals surface area contributed by atoms with Gasteiger partial charge in [0.05, 0.1) is 0 Å². The molecule has 0 bridgehead atoms. The Morgan fingerprint density at radius 3 is 1.62 bits per heavy atom. The lowest BCUT2D eigenvalue weighted by atomic mass is 9.89. The highest BCUT2D eigenvalue weighted by molar-refractivity contribution is 5.36. The van der Waals surface area contributed by atoms with Gasteiger partial charge in [-0.3, -0.25) is 0 Å². The van der Waals surface area contributed by atoms with Crippen LogP contribution in [-0.4, -0.2) is 22.3 Å². The van der Waals surface area contributed by atoms with E-state index >= 15 is 0 Å². The third-order valence-corrected chi connectivity index (χ3v) is 5.35. The van der Waals surface area contributed by atoms with E-state index in [1.165, 1.54) is 12.8 Å². The molecule has 0 heterocycles. The molecule has 4 nitrogen and oxygen atoms in total. The van der Waals surface area contributed by atoms with E-state index in [4.69, 9.17) is 0 Å². The lowest BCUT2D eigenvalue weighted by molar-refractivity contribution is 0.279. The highest BCUT2D eigenvalue weighted by Gasteiger charge is 2.24. The highest BCUT2D eigenvalue weighted by Crippen LogP contribution is 2.23. The zero-order valence-electron chi connectivity index (χ0n) is 15.8. The predicted octanol–water partition coefficient (Wildman–Crippen LogP) is 3.91. The van der Waals surface area contributed by atoms with Crippen LogP contribution in [0.25, 0.3) is 0 Å². The van der Waals surface area contributed by atoms with E-state index in [0.29, 0.717) is 36.7 Å². The van der Waals surface area contributed by atoms with Crippen LogP contribution in [-0.2, 0) is 13.1 Å². The Balaban J connectivity index is 1.60. The first-order valence-corrected chi connectivity index (χ1v) is 9.56. The van der Waals surface area contributed by atoms with Crippen LogP contribution < -0.4 is 10.6 Å². The molecule has 0 aromatic heterocycles. The highest BCUT2D eigenvalue weighted by atomic mass is 16.3. The van der Waals surface area contributed by atoms with Crippen molar-refractivity contribution in [2.45, 2.75) is 64.7 Å². The third-order valence-electron chi connectivity index (χ3n) is 5.35. The summed E-state index contributed by atoms with van der Waals surface area (Å²) in [4.78, 5) is 0. The van der Waals surface area contributed by atoms with Crippen molar-refractivity contribution in [3.05, 3.63) is 58.7 Å². The van der Waals surface area contributed by atoms with Crippen molar-refractivity contribution in [1.82, 2.24) is 10.6 Å². The molecule has 0 amide bonds. The molecular formula is C22H30N2O2. The van der Waals surface area contributed by atoms with Crippen LogP contribution in [0.3, 0.4) is 0 Å². The number of aryl methyl sites for hydroxylation is 2. The molecule has 140 valence electrons. The average Bonchev–Trinajstić information content (AvgIpc) is 2.64. The standard InChI is InChI=1S/C22H30N2O2/c1-15-7-9-21(25)17(11-15)13-23-19-5-3-4-6-20(19)24-14-18-12-16(2)8-10-22(18)26/h7-12,19-20,23-26H,3-6,13-14H2,1-2H3/t19-,20-/m1/s1. The van der Waals surface area contributed by atoms with E-state index in [1.807, 2.05) is 38.1 Å². The van der Waals surface area contributed by atoms with Gasteiger partial charge in [-0.1, -0.05) is 48.2 Å². The van der Waals surface area contributed by atoms with E-state index < -0.39 is 0 Å². The molecule has 0 unspecified atom stereocenters. The topological polar surface area (TPSA) is 64.5 Å². The first kappa shape index (κ1) is 18.7. The summed E-state index contributed by atoms with van der Waals surface area (Å²) in [6.07, 6.45) is 4.71. The van der Waals surface area contributed by atoms with E-state index in [2.05, 4.69) is 10.6 Å². The molecule has 0 aliphatic heterocycles. The van der Waals surface area contributed by atoms with Crippen LogP contribution in [0.5, 0.6) is 11.5 Å². The normalized spacial score (nSPS) is 20.2. The fourth-order valence-electron chi connectivity index (χ4n) is 3.81. The summed E-state index contributed by atoms with van der Waals surface area (Å²) in [6.45, 7) is 5.43. The van der Waals surface area contributed by atoms with Gasteiger partial charge in [0.2, 0.25) is 0 Å². The molecule has 26 heavy (non-hydrogen) atoms. The van der Waals surface area contributed by atoms with Crippen molar-refractivity contribution in [3.8, 4) is 11.5 Å².